The third kappa shape index (κ3) is 3.44. The SMILES string of the molecule is N#Cc1cccnc1N1CCCC(CCC(=O)O)C1. The van der Waals surface area contributed by atoms with Crippen LogP contribution in [0.2, 0.25) is 0 Å². The van der Waals surface area contributed by atoms with E-state index in [1.54, 1.807) is 18.3 Å². The second kappa shape index (κ2) is 6.19. The van der Waals surface area contributed by atoms with E-state index < -0.39 is 5.97 Å². The van der Waals surface area contributed by atoms with Crippen molar-refractivity contribution in [3.8, 4) is 6.07 Å². The average molecular weight is 259 g/mol. The van der Waals surface area contributed by atoms with E-state index >= 15 is 0 Å². The van der Waals surface area contributed by atoms with E-state index in [1.165, 1.54) is 0 Å². The summed E-state index contributed by atoms with van der Waals surface area (Å²) < 4.78 is 0. The number of hydrogen-bond donors (Lipinski definition) is 1. The first-order chi connectivity index (χ1) is 9.20. The number of carboxylic acid groups (broad SMARTS) is 1. The Balaban J connectivity index is 2.04. The molecule has 0 radical (unpaired) electrons. The molecule has 1 aromatic heterocycles. The number of aliphatic carboxylic acids is 1. The van der Waals surface area contributed by atoms with Crippen LogP contribution in [0, 0.1) is 17.2 Å². The molecule has 100 valence electrons. The molecule has 1 atom stereocenters. The second-order valence-corrected chi connectivity index (χ2v) is 4.87. The monoisotopic (exact) mass is 259 g/mol. The van der Waals surface area contributed by atoms with Crippen LogP contribution in [0.1, 0.15) is 31.2 Å². The summed E-state index contributed by atoms with van der Waals surface area (Å²) in [6, 6.07) is 5.68. The fraction of sp³-hybridized carbons (Fsp3) is 0.500. The molecule has 19 heavy (non-hydrogen) atoms. The second-order valence-electron chi connectivity index (χ2n) is 4.87. The van der Waals surface area contributed by atoms with Crippen molar-refractivity contribution in [2.45, 2.75) is 25.7 Å². The van der Waals surface area contributed by atoms with E-state index in [1.807, 2.05) is 0 Å². The van der Waals surface area contributed by atoms with Gasteiger partial charge in [-0.15, -0.1) is 0 Å². The fourth-order valence-corrected chi connectivity index (χ4v) is 2.56. The Labute approximate surface area is 112 Å². The van der Waals surface area contributed by atoms with Gasteiger partial charge in [0.15, 0.2) is 0 Å². The topological polar surface area (TPSA) is 77.2 Å². The van der Waals surface area contributed by atoms with Crippen molar-refractivity contribution < 1.29 is 9.90 Å². The van der Waals surface area contributed by atoms with Crippen LogP contribution in [0.4, 0.5) is 5.82 Å². The number of pyridine rings is 1. The number of nitriles is 1. The number of rotatable bonds is 4. The van der Waals surface area contributed by atoms with Gasteiger partial charge < -0.3 is 10.0 Å². The van der Waals surface area contributed by atoms with Gasteiger partial charge in [0.05, 0.1) is 5.56 Å². The molecule has 0 spiro atoms. The van der Waals surface area contributed by atoms with Crippen molar-refractivity contribution in [2.75, 3.05) is 18.0 Å². The maximum atomic E-state index is 10.6. The summed E-state index contributed by atoms with van der Waals surface area (Å²) in [4.78, 5) is 17.0. The van der Waals surface area contributed by atoms with Crippen molar-refractivity contribution in [2.24, 2.45) is 5.92 Å². The van der Waals surface area contributed by atoms with Gasteiger partial charge >= 0.3 is 5.97 Å². The van der Waals surface area contributed by atoms with E-state index in [9.17, 15) is 4.79 Å². The van der Waals surface area contributed by atoms with E-state index in [-0.39, 0.29) is 6.42 Å². The lowest BCUT2D eigenvalue weighted by molar-refractivity contribution is -0.137. The Morgan fingerprint density at radius 2 is 2.47 bits per heavy atom. The fourth-order valence-electron chi connectivity index (χ4n) is 2.56. The lowest BCUT2D eigenvalue weighted by Crippen LogP contribution is -2.36. The Hall–Kier alpha value is -2.09. The highest BCUT2D eigenvalue weighted by Crippen LogP contribution is 2.26. The van der Waals surface area contributed by atoms with E-state index in [2.05, 4.69) is 16.0 Å². The lowest BCUT2D eigenvalue weighted by Gasteiger charge is -2.33. The predicted molar refractivity (Wildman–Crippen MR) is 70.8 cm³/mol. The predicted octanol–water partition coefficient (Wildman–Crippen LogP) is 2.03. The first kappa shape index (κ1) is 13.3. The van der Waals surface area contributed by atoms with E-state index in [0.29, 0.717) is 17.9 Å². The maximum Gasteiger partial charge on any atom is 0.303 e. The molecular formula is C14H17N3O2. The summed E-state index contributed by atoms with van der Waals surface area (Å²) in [7, 11) is 0. The van der Waals surface area contributed by atoms with Crippen LogP contribution >= 0.6 is 0 Å². The number of carboxylic acids is 1. The summed E-state index contributed by atoms with van der Waals surface area (Å²) in [5, 5.41) is 17.8. The minimum atomic E-state index is -0.743. The molecule has 0 saturated carbocycles. The Kier molecular flexibility index (Phi) is 4.35. The summed E-state index contributed by atoms with van der Waals surface area (Å²) in [5.74, 6) is 0.357. The number of piperidine rings is 1. The van der Waals surface area contributed by atoms with Crippen LogP contribution in [0.5, 0.6) is 0 Å². The standard InChI is InChI=1S/C14H17N3O2/c15-9-12-4-1-7-16-14(12)17-8-2-3-11(10-17)5-6-13(18)19/h1,4,7,11H,2-3,5-6,8,10H2,(H,18,19). The molecule has 0 aliphatic carbocycles. The molecule has 0 amide bonds. The Morgan fingerprint density at radius 3 is 3.21 bits per heavy atom. The van der Waals surface area contributed by atoms with Crippen LogP contribution in [0.25, 0.3) is 0 Å². The van der Waals surface area contributed by atoms with Gasteiger partial charge in [0.2, 0.25) is 0 Å². The zero-order chi connectivity index (χ0) is 13.7. The first-order valence-corrected chi connectivity index (χ1v) is 6.52. The largest absolute Gasteiger partial charge is 0.481 e. The van der Waals surface area contributed by atoms with Crippen molar-refractivity contribution in [1.82, 2.24) is 4.98 Å². The first-order valence-electron chi connectivity index (χ1n) is 6.52. The molecule has 0 bridgehead atoms. The molecule has 1 aromatic rings. The Morgan fingerprint density at radius 1 is 1.63 bits per heavy atom. The van der Waals surface area contributed by atoms with Crippen LogP contribution < -0.4 is 4.90 Å². The van der Waals surface area contributed by atoms with Crippen molar-refractivity contribution in [3.05, 3.63) is 23.9 Å². The molecule has 1 N–H and O–H groups in total. The number of nitrogens with zero attached hydrogens (tertiary/aromatic N) is 3. The van der Waals surface area contributed by atoms with Gasteiger partial charge in [-0.2, -0.15) is 5.26 Å². The highest BCUT2D eigenvalue weighted by Gasteiger charge is 2.22. The summed E-state index contributed by atoms with van der Waals surface area (Å²) in [5.41, 5.74) is 0.585. The van der Waals surface area contributed by atoms with Crippen molar-refractivity contribution in [3.63, 3.8) is 0 Å². The molecule has 5 heteroatoms. The zero-order valence-corrected chi connectivity index (χ0v) is 10.7. The summed E-state index contributed by atoms with van der Waals surface area (Å²) in [6.45, 7) is 1.67. The summed E-state index contributed by atoms with van der Waals surface area (Å²) in [6.07, 6.45) is 4.67. The van der Waals surface area contributed by atoms with Crippen molar-refractivity contribution >= 4 is 11.8 Å². The smallest absolute Gasteiger partial charge is 0.303 e. The number of hydrogen-bond acceptors (Lipinski definition) is 4. The van der Waals surface area contributed by atoms with Gasteiger partial charge in [-0.25, -0.2) is 4.98 Å². The van der Waals surface area contributed by atoms with E-state index in [4.69, 9.17) is 10.4 Å². The van der Waals surface area contributed by atoms with Gasteiger partial charge in [-0.3, -0.25) is 4.79 Å². The molecule has 1 aliphatic heterocycles. The molecule has 1 unspecified atom stereocenters. The number of aromatic nitrogens is 1. The van der Waals surface area contributed by atoms with Crippen molar-refractivity contribution in [1.29, 1.82) is 5.26 Å². The molecule has 0 aromatic carbocycles. The lowest BCUT2D eigenvalue weighted by atomic mass is 9.93. The highest BCUT2D eigenvalue weighted by molar-refractivity contribution is 5.66. The number of anilines is 1. The number of carbonyl (C=O) groups is 1. The normalized spacial score (nSPS) is 18.9. The average Bonchev–Trinajstić information content (AvgIpc) is 2.45. The minimum Gasteiger partial charge on any atom is -0.481 e. The van der Waals surface area contributed by atoms with Crippen LogP contribution in [-0.2, 0) is 4.79 Å². The van der Waals surface area contributed by atoms with Gasteiger partial charge in [-0.1, -0.05) is 0 Å². The molecule has 2 rings (SSSR count). The summed E-state index contributed by atoms with van der Waals surface area (Å²) >= 11 is 0. The van der Waals surface area contributed by atoms with E-state index in [0.717, 1.165) is 31.7 Å². The zero-order valence-electron chi connectivity index (χ0n) is 10.7. The van der Waals surface area contributed by atoms with Crippen LogP contribution in [0.3, 0.4) is 0 Å². The van der Waals surface area contributed by atoms with Gasteiger partial charge in [-0.05, 0) is 37.3 Å². The minimum absolute atomic E-state index is 0.214. The molecule has 2 heterocycles. The third-order valence-electron chi connectivity index (χ3n) is 3.49. The highest BCUT2D eigenvalue weighted by atomic mass is 16.4. The van der Waals surface area contributed by atoms with Gasteiger partial charge in [0, 0.05) is 25.7 Å². The quantitative estimate of drug-likeness (QED) is 0.895. The van der Waals surface area contributed by atoms with Gasteiger partial charge in [0.1, 0.15) is 11.9 Å². The molecule has 1 fully saturated rings. The van der Waals surface area contributed by atoms with Crippen LogP contribution in [0.15, 0.2) is 18.3 Å². The van der Waals surface area contributed by atoms with Crippen LogP contribution in [-0.4, -0.2) is 29.1 Å². The molecule has 1 aliphatic rings. The maximum absolute atomic E-state index is 10.6. The van der Waals surface area contributed by atoms with Gasteiger partial charge in [0.25, 0.3) is 0 Å². The molecule has 1 saturated heterocycles. The Bertz CT molecular complexity index is 496. The third-order valence-corrected chi connectivity index (χ3v) is 3.49. The molecule has 5 nitrogen and oxygen atoms in total. The molecular weight excluding hydrogens is 242 g/mol.